The highest BCUT2D eigenvalue weighted by Crippen LogP contribution is 2.40. The Morgan fingerprint density at radius 3 is 2.52 bits per heavy atom. The van der Waals surface area contributed by atoms with E-state index in [1.807, 2.05) is 62.4 Å². The fourth-order valence-electron chi connectivity index (χ4n) is 3.72. The molecule has 0 spiro atoms. The maximum atomic E-state index is 12.6. The van der Waals surface area contributed by atoms with E-state index in [0.717, 1.165) is 38.8 Å². The summed E-state index contributed by atoms with van der Waals surface area (Å²) in [6.07, 6.45) is 3.31. The molecule has 4 rings (SSSR count). The van der Waals surface area contributed by atoms with Gasteiger partial charge in [0.15, 0.2) is 0 Å². The van der Waals surface area contributed by atoms with E-state index in [4.69, 9.17) is 20.8 Å². The molecule has 0 saturated heterocycles. The molecular weight excluding hydrogens is 410 g/mol. The summed E-state index contributed by atoms with van der Waals surface area (Å²) in [5, 5.41) is 4.29. The molecule has 0 fully saturated rings. The number of fused-ring (bicyclic) bond motifs is 1. The van der Waals surface area contributed by atoms with Gasteiger partial charge in [0.25, 0.3) is 0 Å². The molecular formula is C26H22ClNO3. The Balaban J connectivity index is 1.77. The molecule has 0 unspecified atom stereocenters. The van der Waals surface area contributed by atoms with Gasteiger partial charge < -0.3 is 14.5 Å². The second-order valence-electron chi connectivity index (χ2n) is 7.27. The first-order valence-electron chi connectivity index (χ1n) is 9.88. The monoisotopic (exact) mass is 431 g/mol. The van der Waals surface area contributed by atoms with Gasteiger partial charge in [-0.3, -0.25) is 4.79 Å². The minimum absolute atomic E-state index is 0.263. The molecule has 1 amide bonds. The summed E-state index contributed by atoms with van der Waals surface area (Å²) in [6.45, 7) is 3.84. The zero-order chi connectivity index (χ0) is 22.0. The summed E-state index contributed by atoms with van der Waals surface area (Å²) in [6, 6.07) is 19.2. The van der Waals surface area contributed by atoms with Crippen molar-refractivity contribution >= 4 is 39.7 Å². The Morgan fingerprint density at radius 2 is 1.81 bits per heavy atom. The zero-order valence-electron chi connectivity index (χ0n) is 17.5. The number of furan rings is 1. The van der Waals surface area contributed by atoms with E-state index >= 15 is 0 Å². The van der Waals surface area contributed by atoms with Crippen molar-refractivity contribution < 1.29 is 13.9 Å². The lowest BCUT2D eigenvalue weighted by Gasteiger charge is -2.13. The number of hydrogen-bond donors (Lipinski definition) is 1. The van der Waals surface area contributed by atoms with E-state index in [9.17, 15) is 4.79 Å². The summed E-state index contributed by atoms with van der Waals surface area (Å²) >= 11 is 6.15. The van der Waals surface area contributed by atoms with E-state index in [2.05, 4.69) is 5.32 Å². The van der Waals surface area contributed by atoms with Gasteiger partial charge in [-0.05, 0) is 43.2 Å². The highest BCUT2D eigenvalue weighted by Gasteiger charge is 2.18. The maximum absolute atomic E-state index is 12.6. The van der Waals surface area contributed by atoms with E-state index in [1.54, 1.807) is 31.6 Å². The van der Waals surface area contributed by atoms with Crippen molar-refractivity contribution in [2.24, 2.45) is 0 Å². The third kappa shape index (κ3) is 4.07. The molecule has 0 aliphatic carbocycles. The van der Waals surface area contributed by atoms with Crippen LogP contribution < -0.4 is 10.1 Å². The summed E-state index contributed by atoms with van der Waals surface area (Å²) in [5.41, 5.74) is 5.89. The van der Waals surface area contributed by atoms with E-state index in [0.29, 0.717) is 16.5 Å². The number of benzene rings is 3. The second-order valence-corrected chi connectivity index (χ2v) is 7.68. The van der Waals surface area contributed by atoms with Gasteiger partial charge in [0, 0.05) is 28.2 Å². The van der Waals surface area contributed by atoms with Gasteiger partial charge >= 0.3 is 0 Å². The number of carbonyl (C=O) groups excluding carboxylic acids is 1. The molecule has 4 nitrogen and oxygen atoms in total. The highest BCUT2D eigenvalue weighted by molar-refractivity contribution is 6.33. The number of amides is 1. The van der Waals surface area contributed by atoms with Crippen molar-refractivity contribution in [3.05, 3.63) is 89.2 Å². The van der Waals surface area contributed by atoms with Crippen molar-refractivity contribution in [2.75, 3.05) is 12.4 Å². The molecule has 3 aromatic carbocycles. The molecule has 1 aromatic heterocycles. The Bertz CT molecular complexity index is 1290. The van der Waals surface area contributed by atoms with Crippen LogP contribution >= 0.6 is 11.6 Å². The Hall–Kier alpha value is -3.50. The van der Waals surface area contributed by atoms with Gasteiger partial charge in [-0.15, -0.1) is 0 Å². The molecule has 156 valence electrons. The van der Waals surface area contributed by atoms with Crippen molar-refractivity contribution in [1.29, 1.82) is 0 Å². The molecule has 0 radical (unpaired) electrons. The Morgan fingerprint density at radius 1 is 1.10 bits per heavy atom. The zero-order valence-corrected chi connectivity index (χ0v) is 18.3. The number of carbonyl (C=O) groups is 1. The van der Waals surface area contributed by atoms with E-state index < -0.39 is 0 Å². The number of nitrogens with one attached hydrogen (secondary N) is 1. The lowest BCUT2D eigenvalue weighted by molar-refractivity contribution is -0.111. The number of ether oxygens (including phenoxy) is 1. The summed E-state index contributed by atoms with van der Waals surface area (Å²) in [5.74, 6) is 0.418. The minimum Gasteiger partial charge on any atom is -0.496 e. The lowest BCUT2D eigenvalue weighted by atomic mass is 9.96. The minimum atomic E-state index is -0.263. The van der Waals surface area contributed by atoms with Crippen molar-refractivity contribution in [3.63, 3.8) is 0 Å². The normalized spacial score (nSPS) is 11.5. The van der Waals surface area contributed by atoms with Crippen LogP contribution in [0.1, 0.15) is 18.1 Å². The smallest absolute Gasteiger partial charge is 0.248 e. The Labute approximate surface area is 186 Å². The first-order chi connectivity index (χ1) is 15.0. The molecule has 5 heteroatoms. The van der Waals surface area contributed by atoms with Crippen LogP contribution in [0.25, 0.3) is 27.7 Å². The van der Waals surface area contributed by atoms with Crippen molar-refractivity contribution in [1.82, 2.24) is 0 Å². The standard InChI is InChI=1S/C26H22ClNO3/c1-16(13-24(29)28-23-12-8-7-11-22(23)27)19-14-20-21(18-9-5-4-6-10-18)15-31-26(20)17(2)25(19)30-3/h4-15H,1-3H3,(H,28,29)/b16-13+. The van der Waals surface area contributed by atoms with Crippen LogP contribution in [-0.4, -0.2) is 13.0 Å². The van der Waals surface area contributed by atoms with Crippen molar-refractivity contribution in [3.8, 4) is 16.9 Å². The number of halogens is 1. The number of methoxy groups -OCH3 is 1. The van der Waals surface area contributed by atoms with Crippen LogP contribution in [0.15, 0.2) is 77.4 Å². The number of para-hydroxylation sites is 1. The van der Waals surface area contributed by atoms with Gasteiger partial charge in [0.1, 0.15) is 11.3 Å². The number of aryl methyl sites for hydroxylation is 1. The quantitative estimate of drug-likeness (QED) is 0.342. The molecule has 1 N–H and O–H groups in total. The van der Waals surface area contributed by atoms with Gasteiger partial charge in [0.2, 0.25) is 5.91 Å². The maximum Gasteiger partial charge on any atom is 0.248 e. The average Bonchev–Trinajstić information content (AvgIpc) is 3.20. The summed E-state index contributed by atoms with van der Waals surface area (Å²) < 4.78 is 11.6. The van der Waals surface area contributed by atoms with Crippen LogP contribution in [0.2, 0.25) is 5.02 Å². The molecule has 4 aromatic rings. The van der Waals surface area contributed by atoms with Gasteiger partial charge in [-0.2, -0.15) is 0 Å². The predicted octanol–water partition coefficient (Wildman–Crippen LogP) is 7.11. The third-order valence-electron chi connectivity index (χ3n) is 5.24. The number of anilines is 1. The molecule has 0 aliphatic rings. The SMILES string of the molecule is COc1c(/C(C)=C/C(=O)Nc2ccccc2Cl)cc2c(-c3ccccc3)coc2c1C. The average molecular weight is 432 g/mol. The number of rotatable bonds is 5. The summed E-state index contributed by atoms with van der Waals surface area (Å²) in [7, 11) is 1.62. The van der Waals surface area contributed by atoms with Crippen molar-refractivity contribution in [2.45, 2.75) is 13.8 Å². The number of allylic oxidation sites excluding steroid dienone is 1. The van der Waals surface area contributed by atoms with Crippen LogP contribution in [0.3, 0.4) is 0 Å². The van der Waals surface area contributed by atoms with Gasteiger partial charge in [-0.1, -0.05) is 54.1 Å². The van der Waals surface area contributed by atoms with Crippen LogP contribution in [0.4, 0.5) is 5.69 Å². The molecule has 0 saturated carbocycles. The Kier molecular flexibility index (Phi) is 5.83. The molecule has 0 aliphatic heterocycles. The molecule has 31 heavy (non-hydrogen) atoms. The van der Waals surface area contributed by atoms with Crippen LogP contribution in [0, 0.1) is 6.92 Å². The van der Waals surface area contributed by atoms with E-state index in [-0.39, 0.29) is 5.91 Å². The third-order valence-corrected chi connectivity index (χ3v) is 5.57. The van der Waals surface area contributed by atoms with E-state index in [1.165, 1.54) is 0 Å². The first kappa shape index (κ1) is 20.8. The largest absolute Gasteiger partial charge is 0.496 e. The lowest BCUT2D eigenvalue weighted by Crippen LogP contribution is -2.09. The van der Waals surface area contributed by atoms with Gasteiger partial charge in [0.05, 0.1) is 24.1 Å². The van der Waals surface area contributed by atoms with Crippen LogP contribution in [-0.2, 0) is 4.79 Å². The molecule has 1 heterocycles. The fourth-order valence-corrected chi connectivity index (χ4v) is 3.90. The fraction of sp³-hybridized carbons (Fsp3) is 0.115. The number of hydrogen-bond acceptors (Lipinski definition) is 3. The molecule has 0 atom stereocenters. The predicted molar refractivity (Wildman–Crippen MR) is 127 cm³/mol. The first-order valence-corrected chi connectivity index (χ1v) is 10.3. The highest BCUT2D eigenvalue weighted by atomic mass is 35.5. The van der Waals surface area contributed by atoms with Crippen LogP contribution in [0.5, 0.6) is 5.75 Å². The topological polar surface area (TPSA) is 51.5 Å². The second kappa shape index (κ2) is 8.70. The van der Waals surface area contributed by atoms with Gasteiger partial charge in [-0.25, -0.2) is 0 Å². The summed E-state index contributed by atoms with van der Waals surface area (Å²) in [4.78, 5) is 12.6. The molecule has 0 bridgehead atoms.